The number of benzene rings is 1. The van der Waals surface area contributed by atoms with Gasteiger partial charge in [0.05, 0.1) is 2.74 Å². The minimum Gasteiger partial charge on any atom is -0.0843 e. The van der Waals surface area contributed by atoms with Crippen molar-refractivity contribution in [1.29, 1.82) is 0 Å². The molecule has 9 heavy (non-hydrogen) atoms. The molecule has 0 saturated heterocycles. The lowest BCUT2D eigenvalue weighted by Crippen LogP contribution is -1.71. The standard InChI is InChI=1S/C6H3BrClI/c7-5-2-1-4(8)3-6(5)9/h1-3H/i2D,3D. The van der Waals surface area contributed by atoms with Crippen molar-refractivity contribution in [3.05, 3.63) is 31.2 Å². The molecule has 0 atom stereocenters. The van der Waals surface area contributed by atoms with Gasteiger partial charge >= 0.3 is 0 Å². The quantitative estimate of drug-likeness (QED) is 0.505. The van der Waals surface area contributed by atoms with Crippen LogP contribution in [0.4, 0.5) is 0 Å². The molecule has 0 aromatic heterocycles. The maximum Gasteiger partial charge on any atom is 0.0650 e. The zero-order valence-electron chi connectivity index (χ0n) is 6.21. The predicted octanol–water partition coefficient (Wildman–Crippen LogP) is 3.71. The highest BCUT2D eigenvalue weighted by Crippen LogP contribution is 2.21. The van der Waals surface area contributed by atoms with Crippen LogP contribution in [-0.4, -0.2) is 0 Å². The Morgan fingerprint density at radius 3 is 3.11 bits per heavy atom. The van der Waals surface area contributed by atoms with E-state index >= 15 is 0 Å². The second kappa shape index (κ2) is 3.21. The van der Waals surface area contributed by atoms with Gasteiger partial charge in [0.1, 0.15) is 0 Å². The summed E-state index contributed by atoms with van der Waals surface area (Å²) in [6.45, 7) is 0. The first-order valence-corrected chi connectivity index (χ1v) is 4.39. The molecule has 0 heterocycles. The predicted molar refractivity (Wildman–Crippen MR) is 51.9 cm³/mol. The van der Waals surface area contributed by atoms with E-state index in [2.05, 4.69) is 15.9 Å². The Bertz CT molecular complexity index is 277. The summed E-state index contributed by atoms with van der Waals surface area (Å²) in [6, 6.07) is 2.04. The summed E-state index contributed by atoms with van der Waals surface area (Å²) >= 11 is 10.8. The summed E-state index contributed by atoms with van der Waals surface area (Å²) in [7, 11) is 0. The van der Waals surface area contributed by atoms with E-state index in [1.807, 2.05) is 22.6 Å². The summed E-state index contributed by atoms with van der Waals surface area (Å²) in [5.41, 5.74) is 0. The minimum absolute atomic E-state index is 0.273. The van der Waals surface area contributed by atoms with E-state index in [9.17, 15) is 0 Å². The van der Waals surface area contributed by atoms with E-state index in [0.29, 0.717) is 19.1 Å². The fourth-order valence-corrected chi connectivity index (χ4v) is 1.35. The van der Waals surface area contributed by atoms with Crippen molar-refractivity contribution >= 4 is 50.1 Å². The SMILES string of the molecule is [2H]c1cc(Cl)c([2H])c(I)c1Br. The zero-order valence-corrected chi connectivity index (χ0v) is 8.71. The van der Waals surface area contributed by atoms with Gasteiger partial charge in [-0.1, -0.05) is 11.6 Å². The van der Waals surface area contributed by atoms with Gasteiger partial charge in [0, 0.05) is 13.1 Å². The van der Waals surface area contributed by atoms with Crippen LogP contribution in [-0.2, 0) is 0 Å². The monoisotopic (exact) mass is 318 g/mol. The molecule has 0 aliphatic heterocycles. The molecule has 0 spiro atoms. The molecule has 0 bridgehead atoms. The lowest BCUT2D eigenvalue weighted by molar-refractivity contribution is 1.59. The van der Waals surface area contributed by atoms with E-state index < -0.39 is 0 Å². The number of hydrogen-bond donors (Lipinski definition) is 0. The molecular formula is C6H3BrClI. The highest BCUT2D eigenvalue weighted by molar-refractivity contribution is 14.1. The molecule has 1 rings (SSSR count). The molecule has 0 radical (unpaired) electrons. The number of halogens is 3. The smallest absolute Gasteiger partial charge is 0.0650 e. The molecule has 0 N–H and O–H groups in total. The Morgan fingerprint density at radius 1 is 1.78 bits per heavy atom. The summed E-state index contributed by atoms with van der Waals surface area (Å²) < 4.78 is 16.1. The second-order valence-electron chi connectivity index (χ2n) is 1.39. The van der Waals surface area contributed by atoms with Crippen molar-refractivity contribution in [2.75, 3.05) is 0 Å². The normalized spacial score (nSPS) is 12.8. The van der Waals surface area contributed by atoms with Crippen molar-refractivity contribution in [3.63, 3.8) is 0 Å². The fraction of sp³-hybridized carbons (Fsp3) is 0. The largest absolute Gasteiger partial charge is 0.0843 e. The van der Waals surface area contributed by atoms with Crippen molar-refractivity contribution in [2.45, 2.75) is 0 Å². The molecular weight excluding hydrogens is 314 g/mol. The van der Waals surface area contributed by atoms with Crippen LogP contribution in [0.1, 0.15) is 2.74 Å². The van der Waals surface area contributed by atoms with Crippen molar-refractivity contribution < 1.29 is 2.74 Å². The van der Waals surface area contributed by atoms with Gasteiger partial charge in [-0.3, -0.25) is 0 Å². The molecule has 0 nitrogen and oxygen atoms in total. The third kappa shape index (κ3) is 2.09. The van der Waals surface area contributed by atoms with E-state index in [0.717, 1.165) is 0 Å². The van der Waals surface area contributed by atoms with Gasteiger partial charge < -0.3 is 0 Å². The topological polar surface area (TPSA) is 0 Å². The van der Waals surface area contributed by atoms with Crippen LogP contribution in [0.3, 0.4) is 0 Å². The van der Waals surface area contributed by atoms with Crippen molar-refractivity contribution in [3.8, 4) is 0 Å². The molecule has 3 heteroatoms. The summed E-state index contributed by atoms with van der Waals surface area (Å²) in [5, 5.41) is 0.322. The Balaban J connectivity index is 3.46. The van der Waals surface area contributed by atoms with Crippen LogP contribution in [0.2, 0.25) is 5.02 Å². The van der Waals surface area contributed by atoms with Crippen LogP contribution < -0.4 is 0 Å². The van der Waals surface area contributed by atoms with Gasteiger partial charge in [0.25, 0.3) is 0 Å². The third-order valence-electron chi connectivity index (χ3n) is 0.747. The van der Waals surface area contributed by atoms with E-state index in [-0.39, 0.29) is 6.04 Å². The van der Waals surface area contributed by atoms with E-state index in [1.54, 1.807) is 0 Å². The first-order chi connectivity index (χ1) is 5.04. The Morgan fingerprint density at radius 2 is 2.44 bits per heavy atom. The van der Waals surface area contributed by atoms with E-state index in [4.69, 9.17) is 14.3 Å². The third-order valence-corrected chi connectivity index (χ3v) is 3.13. The maximum atomic E-state index is 7.43. The van der Waals surface area contributed by atoms with Crippen molar-refractivity contribution in [2.24, 2.45) is 0 Å². The molecule has 0 saturated carbocycles. The first kappa shape index (κ1) is 5.38. The molecule has 48 valence electrons. The average molecular weight is 319 g/mol. The van der Waals surface area contributed by atoms with Crippen LogP contribution in [0.5, 0.6) is 0 Å². The van der Waals surface area contributed by atoms with Gasteiger partial charge in [0.2, 0.25) is 0 Å². The minimum atomic E-state index is 0.273. The second-order valence-corrected chi connectivity index (χ2v) is 3.67. The van der Waals surface area contributed by atoms with Gasteiger partial charge in [0.15, 0.2) is 0 Å². The molecule has 0 fully saturated rings. The Kier molecular flexibility index (Phi) is 1.92. The molecule has 0 aliphatic rings. The summed E-state index contributed by atoms with van der Waals surface area (Å²) in [4.78, 5) is 0. The van der Waals surface area contributed by atoms with Crippen LogP contribution in [0.15, 0.2) is 22.6 Å². The molecule has 1 aromatic carbocycles. The molecule has 1 aromatic rings. The Labute approximate surface area is 83.7 Å². The lowest BCUT2D eigenvalue weighted by Gasteiger charge is -1.93. The number of hydrogen-bond acceptors (Lipinski definition) is 0. The van der Waals surface area contributed by atoms with Gasteiger partial charge in [-0.15, -0.1) is 0 Å². The van der Waals surface area contributed by atoms with Gasteiger partial charge in [-0.25, -0.2) is 0 Å². The summed E-state index contributed by atoms with van der Waals surface area (Å²) in [5.74, 6) is 0. The maximum absolute atomic E-state index is 7.43. The van der Waals surface area contributed by atoms with Crippen molar-refractivity contribution in [1.82, 2.24) is 0 Å². The number of rotatable bonds is 0. The van der Waals surface area contributed by atoms with Gasteiger partial charge in [-0.2, -0.15) is 0 Å². The first-order valence-electron chi connectivity index (χ1n) is 3.14. The highest BCUT2D eigenvalue weighted by Gasteiger charge is 1.93. The van der Waals surface area contributed by atoms with E-state index in [1.165, 1.54) is 6.07 Å². The van der Waals surface area contributed by atoms with Gasteiger partial charge in [-0.05, 0) is 56.7 Å². The Hall–Kier alpha value is 0.720. The molecule has 0 unspecified atom stereocenters. The average Bonchev–Trinajstić information content (AvgIpc) is 1.97. The van der Waals surface area contributed by atoms with Crippen LogP contribution >= 0.6 is 50.1 Å². The summed E-state index contributed by atoms with van der Waals surface area (Å²) in [6.07, 6.45) is 0. The molecule has 0 aliphatic carbocycles. The highest BCUT2D eigenvalue weighted by atomic mass is 127. The van der Waals surface area contributed by atoms with Crippen LogP contribution in [0, 0.1) is 3.57 Å². The molecule has 0 amide bonds. The fourth-order valence-electron chi connectivity index (χ4n) is 0.386. The van der Waals surface area contributed by atoms with Crippen LogP contribution in [0.25, 0.3) is 0 Å². The lowest BCUT2D eigenvalue weighted by atomic mass is 10.4. The zero-order chi connectivity index (χ0) is 8.59.